The average Bonchev–Trinajstić information content (AvgIpc) is 2.74. The fraction of sp³-hybridized carbons (Fsp3) is 0.560. The molecular weight excluding hydrogens is 449 g/mol. The van der Waals surface area contributed by atoms with Crippen molar-refractivity contribution in [1.82, 2.24) is 4.98 Å². The Hall–Kier alpha value is -1.03. The minimum atomic E-state index is -0.753. The first-order valence-electron chi connectivity index (χ1n) is 11.1. The van der Waals surface area contributed by atoms with Crippen molar-refractivity contribution < 1.29 is 4.74 Å². The summed E-state index contributed by atoms with van der Waals surface area (Å²) >= 11 is -0.753. The third-order valence-corrected chi connectivity index (χ3v) is 10.7. The van der Waals surface area contributed by atoms with Crippen molar-refractivity contribution in [2.45, 2.75) is 88.6 Å². The number of pyridine rings is 1. The molecule has 0 unspecified atom stereocenters. The van der Waals surface area contributed by atoms with Crippen LogP contribution in [0.25, 0.3) is 0 Å². The van der Waals surface area contributed by atoms with Crippen LogP contribution in [0.3, 0.4) is 0 Å². The molecule has 0 aliphatic heterocycles. The van der Waals surface area contributed by atoms with Crippen LogP contribution in [0.1, 0.15) is 84.1 Å². The molecular formula is C25H37NOSn. The molecule has 2 rings (SSSR count). The Labute approximate surface area is 182 Å². The molecule has 0 atom stereocenters. The van der Waals surface area contributed by atoms with E-state index in [0.717, 1.165) is 5.75 Å². The molecule has 2 aromatic rings. The monoisotopic (exact) mass is 487 g/mol. The molecule has 0 amide bonds. The van der Waals surface area contributed by atoms with E-state index in [4.69, 9.17) is 4.74 Å². The molecule has 0 N–H and O–H groups in total. The van der Waals surface area contributed by atoms with Gasteiger partial charge in [0.2, 0.25) is 0 Å². The van der Waals surface area contributed by atoms with Gasteiger partial charge < -0.3 is 0 Å². The first-order chi connectivity index (χ1) is 13.7. The van der Waals surface area contributed by atoms with E-state index in [-0.39, 0.29) is 0 Å². The van der Waals surface area contributed by atoms with Gasteiger partial charge in [-0.3, -0.25) is 0 Å². The average molecular weight is 486 g/mol. The van der Waals surface area contributed by atoms with Crippen molar-refractivity contribution in [2.75, 3.05) is 0 Å². The maximum absolute atomic E-state index is 6.06. The van der Waals surface area contributed by atoms with E-state index in [2.05, 4.69) is 62.3 Å². The van der Waals surface area contributed by atoms with Crippen LogP contribution in [0.4, 0.5) is 0 Å². The summed E-state index contributed by atoms with van der Waals surface area (Å²) in [7, 11) is 0. The van der Waals surface area contributed by atoms with Crippen LogP contribution in [0.15, 0.2) is 48.8 Å². The van der Waals surface area contributed by atoms with Crippen molar-refractivity contribution in [3.05, 3.63) is 54.4 Å². The summed E-state index contributed by atoms with van der Waals surface area (Å²) in [5, 5.41) is 0. The molecule has 2 radical (unpaired) electrons. The third kappa shape index (κ3) is 8.14. The number of hydrogen-bond acceptors (Lipinski definition) is 2. The SMILES string of the molecule is CCCC[C](CCCC)(CCCC)[Sn][c]1cncc(OCc2ccccc2)c1. The summed E-state index contributed by atoms with van der Waals surface area (Å²) in [5.41, 5.74) is 1.20. The quantitative estimate of drug-likeness (QED) is 0.277. The topological polar surface area (TPSA) is 22.1 Å². The van der Waals surface area contributed by atoms with Crippen molar-refractivity contribution in [1.29, 1.82) is 0 Å². The molecule has 0 bridgehead atoms. The van der Waals surface area contributed by atoms with Crippen LogP contribution in [-0.2, 0) is 6.61 Å². The van der Waals surface area contributed by atoms with Crippen molar-refractivity contribution in [3.63, 3.8) is 0 Å². The fourth-order valence-electron chi connectivity index (χ4n) is 3.72. The number of unbranched alkanes of at least 4 members (excludes halogenated alkanes) is 3. The van der Waals surface area contributed by atoms with Crippen molar-refractivity contribution in [3.8, 4) is 5.75 Å². The molecule has 0 spiro atoms. The van der Waals surface area contributed by atoms with Gasteiger partial charge in [-0.2, -0.15) is 0 Å². The Balaban J connectivity index is 2.10. The molecule has 3 heteroatoms. The van der Waals surface area contributed by atoms with Crippen LogP contribution < -0.4 is 8.32 Å². The van der Waals surface area contributed by atoms with Gasteiger partial charge in [0.15, 0.2) is 0 Å². The molecule has 0 fully saturated rings. The third-order valence-electron chi connectivity index (χ3n) is 5.40. The number of rotatable bonds is 14. The van der Waals surface area contributed by atoms with Gasteiger partial charge in [0.05, 0.1) is 0 Å². The second-order valence-electron chi connectivity index (χ2n) is 7.90. The second-order valence-corrected chi connectivity index (χ2v) is 13.3. The van der Waals surface area contributed by atoms with Crippen molar-refractivity contribution in [2.24, 2.45) is 0 Å². The predicted molar refractivity (Wildman–Crippen MR) is 122 cm³/mol. The zero-order valence-corrected chi connectivity index (χ0v) is 20.9. The standard InChI is InChI=1S/C13H27.C12H10NO.Sn/c1-4-7-10-13(11-8-5-2)12-9-6-3;1-2-5-11(6-3-1)10-14-12-7-4-8-13-9-12;/h4-12H2,1-3H3;1-3,5-9H,10H2;. The zero-order valence-electron chi connectivity index (χ0n) is 18.0. The van der Waals surface area contributed by atoms with Gasteiger partial charge in [0.25, 0.3) is 0 Å². The number of benzene rings is 1. The van der Waals surface area contributed by atoms with E-state index >= 15 is 0 Å². The Kier molecular flexibility index (Phi) is 11.0. The van der Waals surface area contributed by atoms with Gasteiger partial charge in [-0.05, 0) is 0 Å². The number of nitrogens with zero attached hydrogens (tertiary/aromatic N) is 1. The fourth-order valence-corrected chi connectivity index (χ4v) is 9.06. The first-order valence-corrected chi connectivity index (χ1v) is 14.0. The van der Waals surface area contributed by atoms with Crippen molar-refractivity contribution >= 4 is 24.7 Å². The van der Waals surface area contributed by atoms with E-state index in [0.29, 0.717) is 10.0 Å². The normalized spacial score (nSPS) is 11.5. The molecule has 0 aliphatic carbocycles. The van der Waals surface area contributed by atoms with Crippen LogP contribution in [0, 0.1) is 0 Å². The number of hydrogen-bond donors (Lipinski definition) is 0. The molecule has 28 heavy (non-hydrogen) atoms. The second kappa shape index (κ2) is 13.2. The van der Waals surface area contributed by atoms with Gasteiger partial charge in [-0.1, -0.05) is 0 Å². The molecule has 152 valence electrons. The Morgan fingerprint density at radius 1 is 0.857 bits per heavy atom. The molecule has 0 saturated carbocycles. The Morgan fingerprint density at radius 3 is 2.04 bits per heavy atom. The maximum atomic E-state index is 6.06. The molecule has 2 nitrogen and oxygen atoms in total. The van der Waals surface area contributed by atoms with Gasteiger partial charge in [-0.15, -0.1) is 0 Å². The summed E-state index contributed by atoms with van der Waals surface area (Å²) in [6, 6.07) is 12.7. The minimum absolute atomic E-state index is 0.588. The van der Waals surface area contributed by atoms with Crippen LogP contribution >= 0.6 is 0 Å². The Bertz CT molecular complexity index is 637. The first kappa shape index (κ1) is 23.2. The summed E-state index contributed by atoms with van der Waals surface area (Å²) in [6.07, 6.45) is 16.2. The van der Waals surface area contributed by atoms with E-state index in [1.807, 2.05) is 12.3 Å². The number of aromatic nitrogens is 1. The van der Waals surface area contributed by atoms with Gasteiger partial charge >= 0.3 is 183 Å². The molecule has 0 aliphatic rings. The predicted octanol–water partition coefficient (Wildman–Crippen LogP) is 6.72. The van der Waals surface area contributed by atoms with Crippen LogP contribution in [0.5, 0.6) is 5.75 Å². The summed E-state index contributed by atoms with van der Waals surface area (Å²) in [5.74, 6) is 0.928. The molecule has 1 aromatic heterocycles. The van der Waals surface area contributed by atoms with Gasteiger partial charge in [0.1, 0.15) is 0 Å². The summed E-state index contributed by atoms with van der Waals surface area (Å²) in [6.45, 7) is 7.60. The van der Waals surface area contributed by atoms with Gasteiger partial charge in [0, 0.05) is 0 Å². The van der Waals surface area contributed by atoms with E-state index in [9.17, 15) is 0 Å². The van der Waals surface area contributed by atoms with Crippen LogP contribution in [-0.4, -0.2) is 26.1 Å². The van der Waals surface area contributed by atoms with E-state index in [1.165, 1.54) is 66.9 Å². The van der Waals surface area contributed by atoms with E-state index in [1.54, 1.807) is 0 Å². The summed E-state index contributed by atoms with van der Waals surface area (Å²) in [4.78, 5) is 4.54. The summed E-state index contributed by atoms with van der Waals surface area (Å²) < 4.78 is 8.14. The number of ether oxygens (including phenoxy) is 1. The Morgan fingerprint density at radius 2 is 1.46 bits per heavy atom. The molecule has 0 saturated heterocycles. The molecule has 1 aromatic carbocycles. The van der Waals surface area contributed by atoms with Gasteiger partial charge in [-0.25, -0.2) is 0 Å². The molecule has 1 heterocycles. The van der Waals surface area contributed by atoms with E-state index < -0.39 is 21.1 Å². The zero-order chi connectivity index (χ0) is 20.1. The van der Waals surface area contributed by atoms with Crippen LogP contribution in [0.2, 0.25) is 3.43 Å².